The molecule has 0 fully saturated rings. The van der Waals surface area contributed by atoms with Crippen LogP contribution in [0, 0.1) is 0 Å². The number of allylic oxidation sites excluding steroid dienone is 3. The van der Waals surface area contributed by atoms with Gasteiger partial charge in [0.05, 0.1) is 19.4 Å². The third-order valence-electron chi connectivity index (χ3n) is 6.74. The van der Waals surface area contributed by atoms with E-state index in [4.69, 9.17) is 19.0 Å². The van der Waals surface area contributed by atoms with Crippen molar-refractivity contribution in [1.82, 2.24) is 0 Å². The number of unbranched alkanes of at least 4 members (excludes halogenated alkanes) is 5. The van der Waals surface area contributed by atoms with Gasteiger partial charge in [-0.15, -0.1) is 0 Å². The number of oxime groups is 1. The monoisotopic (exact) mass is 555 g/mol. The molecule has 0 aromatic heterocycles. The Balaban J connectivity index is 2.28. The molecule has 7 heteroatoms. The zero-order valence-corrected chi connectivity index (χ0v) is 25.0. The van der Waals surface area contributed by atoms with E-state index in [9.17, 15) is 9.59 Å². The third kappa shape index (κ3) is 12.4. The average molecular weight is 556 g/mol. The Labute approximate surface area is 241 Å². The number of hydrogen-bond acceptors (Lipinski definition) is 7. The van der Waals surface area contributed by atoms with Gasteiger partial charge in [0.25, 0.3) is 0 Å². The maximum Gasteiger partial charge on any atom is 0.342 e. The number of methoxy groups -OCH3 is 1. The van der Waals surface area contributed by atoms with Gasteiger partial charge in [0.15, 0.2) is 12.4 Å². The smallest absolute Gasteiger partial charge is 0.342 e. The number of Topliss-reactive ketones (excluding diaryl/α,β-unsaturated/α-hetero) is 1. The van der Waals surface area contributed by atoms with Crippen LogP contribution < -0.4 is 9.47 Å². The van der Waals surface area contributed by atoms with E-state index in [0.29, 0.717) is 47.8 Å². The Hall–Kier alpha value is -3.09. The summed E-state index contributed by atoms with van der Waals surface area (Å²) in [6, 6.07) is 3.54. The first kappa shape index (κ1) is 33.1. The van der Waals surface area contributed by atoms with Crippen molar-refractivity contribution in [2.24, 2.45) is 5.16 Å². The molecule has 1 unspecified atom stereocenters. The van der Waals surface area contributed by atoms with Gasteiger partial charge in [-0.2, -0.15) is 0 Å². The number of cyclic esters (lactones) is 1. The zero-order valence-electron chi connectivity index (χ0n) is 25.0. The Morgan fingerprint density at radius 3 is 2.52 bits per heavy atom. The molecule has 40 heavy (non-hydrogen) atoms. The molecule has 0 saturated heterocycles. The number of benzene rings is 1. The van der Waals surface area contributed by atoms with E-state index >= 15 is 0 Å². The number of rotatable bonds is 15. The molecule has 1 heterocycles. The summed E-state index contributed by atoms with van der Waals surface area (Å²) in [4.78, 5) is 31.4. The van der Waals surface area contributed by atoms with E-state index in [0.717, 1.165) is 38.5 Å². The SMILES string of the molecule is CCCCCCCCC(=O)CO/N=C1\C=C\CC/C=C/CC(CCC)OC(=O)c2c(cc(OCC)cc2OC)C1. The molecule has 0 aliphatic carbocycles. The number of hydrogen-bond donors (Lipinski definition) is 0. The van der Waals surface area contributed by atoms with Crippen LogP contribution in [0.3, 0.4) is 0 Å². The van der Waals surface area contributed by atoms with Gasteiger partial charge in [0.1, 0.15) is 23.2 Å². The first-order valence-electron chi connectivity index (χ1n) is 15.1. The Morgan fingerprint density at radius 2 is 1.77 bits per heavy atom. The van der Waals surface area contributed by atoms with Crippen LogP contribution in [0.2, 0.25) is 0 Å². The number of fused-ring (bicyclic) bond motifs is 1. The fourth-order valence-electron chi connectivity index (χ4n) is 4.64. The molecule has 1 atom stereocenters. The van der Waals surface area contributed by atoms with Gasteiger partial charge in [-0.25, -0.2) is 4.79 Å². The summed E-state index contributed by atoms with van der Waals surface area (Å²) in [6.07, 6.45) is 19.6. The lowest BCUT2D eigenvalue weighted by atomic mass is 9.99. The molecule has 0 N–H and O–H groups in total. The molecule has 2 rings (SSSR count). The summed E-state index contributed by atoms with van der Waals surface area (Å²) in [7, 11) is 1.53. The van der Waals surface area contributed by atoms with Crippen LogP contribution in [-0.2, 0) is 20.8 Å². The second-order valence-electron chi connectivity index (χ2n) is 10.2. The van der Waals surface area contributed by atoms with Gasteiger partial charge in [0, 0.05) is 25.3 Å². The van der Waals surface area contributed by atoms with Gasteiger partial charge >= 0.3 is 5.97 Å². The molecule has 1 aliphatic rings. The van der Waals surface area contributed by atoms with Crippen LogP contribution in [0.15, 0.2) is 41.6 Å². The van der Waals surface area contributed by atoms with Gasteiger partial charge in [0.2, 0.25) is 0 Å². The third-order valence-corrected chi connectivity index (χ3v) is 6.74. The molecular formula is C33H49NO6. The second-order valence-corrected chi connectivity index (χ2v) is 10.2. The molecule has 1 aromatic rings. The van der Waals surface area contributed by atoms with E-state index in [-0.39, 0.29) is 24.9 Å². The molecule has 0 amide bonds. The van der Waals surface area contributed by atoms with E-state index in [2.05, 4.69) is 31.2 Å². The largest absolute Gasteiger partial charge is 0.496 e. The van der Waals surface area contributed by atoms with Crippen molar-refractivity contribution in [3.63, 3.8) is 0 Å². The van der Waals surface area contributed by atoms with Crippen LogP contribution >= 0.6 is 0 Å². The number of ketones is 1. The molecule has 0 radical (unpaired) electrons. The topological polar surface area (TPSA) is 83.4 Å². The minimum atomic E-state index is -0.433. The number of nitrogens with zero attached hydrogens (tertiary/aromatic N) is 1. The highest BCUT2D eigenvalue weighted by Crippen LogP contribution is 2.31. The lowest BCUT2D eigenvalue weighted by Crippen LogP contribution is -2.20. The summed E-state index contributed by atoms with van der Waals surface area (Å²) in [5, 5.41) is 4.32. The quantitative estimate of drug-likeness (QED) is 0.0945. The van der Waals surface area contributed by atoms with E-state index in [1.807, 2.05) is 25.1 Å². The predicted octanol–water partition coefficient (Wildman–Crippen LogP) is 7.95. The van der Waals surface area contributed by atoms with Crippen molar-refractivity contribution in [3.05, 3.63) is 47.6 Å². The summed E-state index contributed by atoms with van der Waals surface area (Å²) in [6.45, 7) is 6.59. The van der Waals surface area contributed by atoms with Gasteiger partial charge in [-0.1, -0.05) is 75.8 Å². The average Bonchev–Trinajstić information content (AvgIpc) is 2.93. The molecule has 1 aliphatic heterocycles. The lowest BCUT2D eigenvalue weighted by molar-refractivity contribution is -0.123. The van der Waals surface area contributed by atoms with Crippen molar-refractivity contribution in [2.75, 3.05) is 20.3 Å². The maximum absolute atomic E-state index is 13.5. The summed E-state index contributed by atoms with van der Waals surface area (Å²) >= 11 is 0. The second kappa shape index (κ2) is 19.9. The highest BCUT2D eigenvalue weighted by Gasteiger charge is 2.24. The minimum Gasteiger partial charge on any atom is -0.496 e. The fourth-order valence-corrected chi connectivity index (χ4v) is 4.64. The number of ether oxygens (including phenoxy) is 3. The molecule has 222 valence electrons. The van der Waals surface area contributed by atoms with E-state index in [1.165, 1.54) is 32.8 Å². The van der Waals surface area contributed by atoms with Crippen LogP contribution in [0.5, 0.6) is 11.5 Å². The van der Waals surface area contributed by atoms with Gasteiger partial charge in [-0.3, -0.25) is 4.79 Å². The molecule has 0 spiro atoms. The Bertz CT molecular complexity index is 997. The summed E-state index contributed by atoms with van der Waals surface area (Å²) in [5.41, 5.74) is 1.62. The fraction of sp³-hybridized carbons (Fsp3) is 0.606. The zero-order chi connectivity index (χ0) is 29.0. The standard InChI is InChI=1S/C33H49NO6/c1-5-8-9-10-13-16-20-28(35)25-39-34-27-19-15-12-11-14-17-21-29(18-6-2)40-33(36)32-26(22-27)23-30(38-7-3)24-31(32)37-4/h14-15,17,19,23-24,29H,5-13,16,18,20-22,25H2,1-4H3/b17-14+,19-15+,34-27+. The molecule has 0 saturated carbocycles. The predicted molar refractivity (Wildman–Crippen MR) is 160 cm³/mol. The number of carbonyl (C=O) groups is 2. The van der Waals surface area contributed by atoms with Crippen molar-refractivity contribution in [2.45, 2.75) is 110 Å². The Kier molecular flexibility index (Phi) is 16.5. The molecular weight excluding hydrogens is 506 g/mol. The normalized spacial score (nSPS) is 18.8. The summed E-state index contributed by atoms with van der Waals surface area (Å²) < 4.78 is 17.4. The number of esters is 1. The highest BCUT2D eigenvalue weighted by molar-refractivity contribution is 6.00. The first-order chi connectivity index (χ1) is 19.5. The molecule has 0 bridgehead atoms. The minimum absolute atomic E-state index is 0.0427. The molecule has 7 nitrogen and oxygen atoms in total. The van der Waals surface area contributed by atoms with E-state index < -0.39 is 5.97 Å². The van der Waals surface area contributed by atoms with Crippen LogP contribution in [0.1, 0.15) is 114 Å². The molecule has 1 aromatic carbocycles. The van der Waals surface area contributed by atoms with Gasteiger partial charge < -0.3 is 19.0 Å². The van der Waals surface area contributed by atoms with Crippen molar-refractivity contribution in [1.29, 1.82) is 0 Å². The highest BCUT2D eigenvalue weighted by atomic mass is 16.6. The Morgan fingerprint density at radius 1 is 1.00 bits per heavy atom. The van der Waals surface area contributed by atoms with Crippen LogP contribution in [0.25, 0.3) is 0 Å². The van der Waals surface area contributed by atoms with Crippen LogP contribution in [-0.4, -0.2) is 43.9 Å². The van der Waals surface area contributed by atoms with Gasteiger partial charge in [-0.05, 0) is 50.3 Å². The summed E-state index contributed by atoms with van der Waals surface area (Å²) in [5.74, 6) is 0.596. The first-order valence-corrected chi connectivity index (χ1v) is 15.1. The van der Waals surface area contributed by atoms with Crippen LogP contribution in [0.4, 0.5) is 0 Å². The van der Waals surface area contributed by atoms with Crippen molar-refractivity contribution >= 4 is 17.5 Å². The maximum atomic E-state index is 13.5. The van der Waals surface area contributed by atoms with E-state index in [1.54, 1.807) is 6.07 Å². The van der Waals surface area contributed by atoms with Crippen molar-refractivity contribution in [3.8, 4) is 11.5 Å². The lowest BCUT2D eigenvalue weighted by Gasteiger charge is -2.20. The number of carbonyl (C=O) groups excluding carboxylic acids is 2. The van der Waals surface area contributed by atoms with Crippen molar-refractivity contribution < 1.29 is 28.6 Å².